The highest BCUT2D eigenvalue weighted by molar-refractivity contribution is 7.99. The molecule has 0 bridgehead atoms. The van der Waals surface area contributed by atoms with Crippen molar-refractivity contribution in [3.8, 4) is 0 Å². The molecule has 2 aromatic rings. The summed E-state index contributed by atoms with van der Waals surface area (Å²) < 4.78 is 15.4. The number of fused-ring (bicyclic) bond motifs is 1. The smallest absolute Gasteiger partial charge is 0.313 e. The van der Waals surface area contributed by atoms with Crippen molar-refractivity contribution in [3.63, 3.8) is 0 Å². The van der Waals surface area contributed by atoms with Gasteiger partial charge >= 0.3 is 5.97 Å². The molecular weight excluding hydrogens is 303 g/mol. The van der Waals surface area contributed by atoms with E-state index in [4.69, 9.17) is 16.7 Å². The van der Waals surface area contributed by atoms with Gasteiger partial charge < -0.3 is 9.67 Å². The minimum Gasteiger partial charge on any atom is -0.481 e. The SMILES string of the molecule is CC(C)Cn1c(SCC(=O)O)nc2cc(F)c(Cl)cc21. The number of hydrogen-bond donors (Lipinski definition) is 1. The van der Waals surface area contributed by atoms with Crippen molar-refractivity contribution in [2.75, 3.05) is 5.75 Å². The molecule has 0 spiro atoms. The van der Waals surface area contributed by atoms with Crippen LogP contribution in [0.1, 0.15) is 13.8 Å². The number of aromatic nitrogens is 2. The molecule has 4 nitrogen and oxygen atoms in total. The minimum atomic E-state index is -0.914. The largest absolute Gasteiger partial charge is 0.481 e. The first-order chi connectivity index (χ1) is 9.38. The lowest BCUT2D eigenvalue weighted by molar-refractivity contribution is -0.133. The zero-order chi connectivity index (χ0) is 14.9. The third-order valence-electron chi connectivity index (χ3n) is 2.63. The van der Waals surface area contributed by atoms with Crippen LogP contribution in [0.4, 0.5) is 4.39 Å². The first kappa shape index (κ1) is 15.1. The average Bonchev–Trinajstić information content (AvgIpc) is 2.65. The molecule has 0 unspecified atom stereocenters. The summed E-state index contributed by atoms with van der Waals surface area (Å²) in [6.45, 7) is 4.76. The van der Waals surface area contributed by atoms with Crippen molar-refractivity contribution in [1.82, 2.24) is 9.55 Å². The summed E-state index contributed by atoms with van der Waals surface area (Å²) in [6, 6.07) is 2.81. The average molecular weight is 317 g/mol. The Bertz CT molecular complexity index is 657. The molecule has 1 N–H and O–H groups in total. The predicted octanol–water partition coefficient (Wildman–Crippen LogP) is 3.66. The number of thioether (sulfide) groups is 1. The van der Waals surface area contributed by atoms with Crippen molar-refractivity contribution in [3.05, 3.63) is 23.0 Å². The minimum absolute atomic E-state index is 0.0391. The van der Waals surface area contributed by atoms with E-state index in [-0.39, 0.29) is 10.8 Å². The molecule has 0 radical (unpaired) electrons. The van der Waals surface area contributed by atoms with Gasteiger partial charge in [-0.05, 0) is 12.0 Å². The molecule has 0 aliphatic carbocycles. The number of imidazole rings is 1. The van der Waals surface area contributed by atoms with Gasteiger partial charge in [-0.25, -0.2) is 9.37 Å². The van der Waals surface area contributed by atoms with Crippen molar-refractivity contribution in [2.45, 2.75) is 25.5 Å². The summed E-state index contributed by atoms with van der Waals surface area (Å²) in [5.41, 5.74) is 1.21. The Morgan fingerprint density at radius 1 is 1.55 bits per heavy atom. The summed E-state index contributed by atoms with van der Waals surface area (Å²) in [5.74, 6) is -1.18. The van der Waals surface area contributed by atoms with Gasteiger partial charge in [0.05, 0.1) is 21.8 Å². The van der Waals surface area contributed by atoms with Gasteiger partial charge in [0, 0.05) is 12.6 Å². The highest BCUT2D eigenvalue weighted by atomic mass is 35.5. The van der Waals surface area contributed by atoms with Crippen molar-refractivity contribution in [2.24, 2.45) is 5.92 Å². The Labute approximate surface area is 124 Å². The monoisotopic (exact) mass is 316 g/mol. The van der Waals surface area contributed by atoms with Crippen LogP contribution in [-0.2, 0) is 11.3 Å². The topological polar surface area (TPSA) is 55.1 Å². The molecule has 0 amide bonds. The Morgan fingerprint density at radius 2 is 2.25 bits per heavy atom. The molecule has 0 aliphatic heterocycles. The first-order valence-corrected chi connectivity index (χ1v) is 7.44. The summed E-state index contributed by atoms with van der Waals surface area (Å²) >= 11 is 6.94. The number of nitrogens with zero attached hydrogens (tertiary/aromatic N) is 2. The van der Waals surface area contributed by atoms with Crippen molar-refractivity contribution >= 4 is 40.4 Å². The predicted molar refractivity (Wildman–Crippen MR) is 77.9 cm³/mol. The first-order valence-electron chi connectivity index (χ1n) is 6.08. The molecule has 0 fully saturated rings. The van der Waals surface area contributed by atoms with Crippen LogP contribution in [0, 0.1) is 11.7 Å². The van der Waals surface area contributed by atoms with Gasteiger partial charge in [-0.1, -0.05) is 37.2 Å². The number of aliphatic carboxylic acids is 1. The van der Waals surface area contributed by atoms with E-state index in [1.165, 1.54) is 12.1 Å². The van der Waals surface area contributed by atoms with Crippen molar-refractivity contribution < 1.29 is 14.3 Å². The van der Waals surface area contributed by atoms with Crippen LogP contribution in [0.15, 0.2) is 17.3 Å². The molecule has 2 rings (SSSR count). The van der Waals surface area contributed by atoms with E-state index >= 15 is 0 Å². The molecule has 0 atom stereocenters. The van der Waals surface area contributed by atoms with Crippen molar-refractivity contribution in [1.29, 1.82) is 0 Å². The molecule has 1 aromatic carbocycles. The van der Waals surface area contributed by atoms with Gasteiger partial charge in [-0.3, -0.25) is 4.79 Å². The third-order valence-corrected chi connectivity index (χ3v) is 3.88. The normalized spacial score (nSPS) is 11.4. The van der Waals surface area contributed by atoms with Gasteiger partial charge in [0.1, 0.15) is 5.82 Å². The zero-order valence-electron chi connectivity index (χ0n) is 11.1. The molecule has 0 saturated heterocycles. The summed E-state index contributed by atoms with van der Waals surface area (Å²) in [7, 11) is 0. The quantitative estimate of drug-likeness (QED) is 0.855. The van der Waals surface area contributed by atoms with Crippen LogP contribution in [-0.4, -0.2) is 26.4 Å². The van der Waals surface area contributed by atoms with E-state index in [1.54, 1.807) is 0 Å². The molecule has 0 aliphatic rings. The second-order valence-electron chi connectivity index (χ2n) is 4.84. The highest BCUT2D eigenvalue weighted by Crippen LogP contribution is 2.28. The van der Waals surface area contributed by atoms with E-state index in [0.29, 0.717) is 23.1 Å². The van der Waals surface area contributed by atoms with Crippen LogP contribution in [0.25, 0.3) is 11.0 Å². The Balaban J connectivity index is 2.51. The zero-order valence-corrected chi connectivity index (χ0v) is 12.6. The molecule has 1 heterocycles. The van der Waals surface area contributed by atoms with E-state index in [1.807, 2.05) is 18.4 Å². The summed E-state index contributed by atoms with van der Waals surface area (Å²) in [5, 5.41) is 9.38. The fourth-order valence-electron chi connectivity index (χ4n) is 1.88. The number of rotatable bonds is 5. The molecule has 20 heavy (non-hydrogen) atoms. The van der Waals surface area contributed by atoms with Gasteiger partial charge in [0.15, 0.2) is 5.16 Å². The van der Waals surface area contributed by atoms with E-state index in [9.17, 15) is 9.18 Å². The van der Waals surface area contributed by atoms with Crippen LogP contribution in [0.2, 0.25) is 5.02 Å². The Morgan fingerprint density at radius 3 is 2.85 bits per heavy atom. The van der Waals surface area contributed by atoms with E-state index in [0.717, 1.165) is 17.3 Å². The van der Waals surface area contributed by atoms with Gasteiger partial charge in [-0.2, -0.15) is 0 Å². The summed E-state index contributed by atoms with van der Waals surface area (Å²) in [6.07, 6.45) is 0. The number of hydrogen-bond acceptors (Lipinski definition) is 3. The van der Waals surface area contributed by atoms with Gasteiger partial charge in [0.25, 0.3) is 0 Å². The number of halogens is 2. The fourth-order valence-corrected chi connectivity index (χ4v) is 2.78. The fraction of sp³-hybridized carbons (Fsp3) is 0.385. The summed E-state index contributed by atoms with van der Waals surface area (Å²) in [4.78, 5) is 15.0. The van der Waals surface area contributed by atoms with Gasteiger partial charge in [-0.15, -0.1) is 0 Å². The van der Waals surface area contributed by atoms with Crippen LogP contribution >= 0.6 is 23.4 Å². The lowest BCUT2D eigenvalue weighted by Gasteiger charge is -2.11. The lowest BCUT2D eigenvalue weighted by atomic mass is 10.2. The maximum atomic E-state index is 13.5. The van der Waals surface area contributed by atoms with E-state index < -0.39 is 11.8 Å². The van der Waals surface area contributed by atoms with Crippen LogP contribution < -0.4 is 0 Å². The van der Waals surface area contributed by atoms with Crippen LogP contribution in [0.3, 0.4) is 0 Å². The van der Waals surface area contributed by atoms with E-state index in [2.05, 4.69) is 4.98 Å². The lowest BCUT2D eigenvalue weighted by Crippen LogP contribution is -2.07. The maximum Gasteiger partial charge on any atom is 0.313 e. The van der Waals surface area contributed by atoms with Crippen LogP contribution in [0.5, 0.6) is 0 Å². The molecule has 0 saturated carbocycles. The number of carboxylic acid groups (broad SMARTS) is 1. The Hall–Kier alpha value is -1.27. The number of carboxylic acids is 1. The number of carbonyl (C=O) groups is 1. The second kappa shape index (κ2) is 6.01. The Kier molecular flexibility index (Phi) is 4.55. The third kappa shape index (κ3) is 3.24. The number of benzene rings is 1. The highest BCUT2D eigenvalue weighted by Gasteiger charge is 2.15. The molecular formula is C13H14ClFN2O2S. The van der Waals surface area contributed by atoms with Gasteiger partial charge in [0.2, 0.25) is 0 Å². The second-order valence-corrected chi connectivity index (χ2v) is 6.19. The maximum absolute atomic E-state index is 13.5. The standard InChI is InChI=1S/C13H14ClFN2O2S/c1-7(2)5-17-11-3-8(14)9(15)4-10(11)16-13(17)20-6-12(18)19/h3-4,7H,5-6H2,1-2H3,(H,18,19). The molecule has 108 valence electrons. The molecule has 1 aromatic heterocycles. The molecule has 7 heteroatoms.